The Balaban J connectivity index is 2.51. The summed E-state index contributed by atoms with van der Waals surface area (Å²) in [5.41, 5.74) is -0.476. The van der Waals surface area contributed by atoms with Gasteiger partial charge in [-0.05, 0) is 37.0 Å². The first kappa shape index (κ1) is 15.0. The minimum atomic E-state index is -4.69. The molecule has 0 aliphatic carbocycles. The van der Waals surface area contributed by atoms with Crippen molar-refractivity contribution >= 4 is 11.3 Å². The molecule has 0 aliphatic rings. The van der Waals surface area contributed by atoms with Crippen molar-refractivity contribution in [2.75, 3.05) is 7.05 Å². The van der Waals surface area contributed by atoms with Gasteiger partial charge in [-0.15, -0.1) is 11.3 Å². The van der Waals surface area contributed by atoms with Crippen molar-refractivity contribution in [2.24, 2.45) is 0 Å². The number of rotatable bonds is 3. The predicted octanol–water partition coefficient (Wildman–Crippen LogP) is 4.52. The van der Waals surface area contributed by atoms with Gasteiger partial charge in [0.05, 0.1) is 11.6 Å². The van der Waals surface area contributed by atoms with Gasteiger partial charge in [0.25, 0.3) is 0 Å². The average molecular weight is 303 g/mol. The molecule has 1 aromatic heterocycles. The van der Waals surface area contributed by atoms with E-state index in [1.165, 1.54) is 23.5 Å². The van der Waals surface area contributed by atoms with Crippen molar-refractivity contribution in [3.8, 4) is 0 Å². The summed E-state index contributed by atoms with van der Waals surface area (Å²) >= 11 is 1.47. The van der Waals surface area contributed by atoms with Crippen LogP contribution in [0.2, 0.25) is 0 Å². The van der Waals surface area contributed by atoms with Gasteiger partial charge in [0, 0.05) is 10.4 Å². The molecule has 1 atom stereocenters. The SMILES string of the molecule is CNC(c1csc(C)c1)c1cccc(C(F)(F)F)c1F. The number of nitrogens with one attached hydrogen (secondary N) is 1. The second-order valence-electron chi connectivity index (χ2n) is 4.42. The van der Waals surface area contributed by atoms with Crippen LogP contribution in [0, 0.1) is 12.7 Å². The first-order chi connectivity index (χ1) is 9.34. The predicted molar refractivity (Wildman–Crippen MR) is 71.4 cm³/mol. The molecule has 0 spiro atoms. The molecule has 1 unspecified atom stereocenters. The van der Waals surface area contributed by atoms with Crippen LogP contribution < -0.4 is 5.32 Å². The maximum Gasteiger partial charge on any atom is 0.419 e. The number of thiophene rings is 1. The molecule has 0 saturated heterocycles. The largest absolute Gasteiger partial charge is 0.419 e. The zero-order chi connectivity index (χ0) is 14.9. The summed E-state index contributed by atoms with van der Waals surface area (Å²) < 4.78 is 52.4. The molecule has 2 rings (SSSR count). The third kappa shape index (κ3) is 2.86. The van der Waals surface area contributed by atoms with E-state index in [0.29, 0.717) is 0 Å². The van der Waals surface area contributed by atoms with Crippen LogP contribution in [0.25, 0.3) is 0 Å². The third-order valence-corrected chi connectivity index (χ3v) is 3.90. The molecular weight excluding hydrogens is 290 g/mol. The smallest absolute Gasteiger partial charge is 0.309 e. The van der Waals surface area contributed by atoms with Crippen LogP contribution >= 0.6 is 11.3 Å². The van der Waals surface area contributed by atoms with Crippen LogP contribution in [0.1, 0.15) is 27.6 Å². The molecule has 108 valence electrons. The number of halogens is 4. The first-order valence-corrected chi connectivity index (χ1v) is 6.80. The molecular formula is C14H13F4NS. The van der Waals surface area contributed by atoms with Crippen LogP contribution in [0.5, 0.6) is 0 Å². The van der Waals surface area contributed by atoms with E-state index in [2.05, 4.69) is 5.32 Å². The standard InChI is InChI=1S/C14H13F4NS/c1-8-6-9(7-20-8)13(19-2)10-4-3-5-11(12(10)15)14(16,17)18/h3-7,13,19H,1-2H3. The van der Waals surface area contributed by atoms with Gasteiger partial charge in [-0.2, -0.15) is 13.2 Å². The molecule has 0 aliphatic heterocycles. The van der Waals surface area contributed by atoms with Gasteiger partial charge in [0.2, 0.25) is 0 Å². The highest BCUT2D eigenvalue weighted by atomic mass is 32.1. The molecule has 0 radical (unpaired) electrons. The minimum absolute atomic E-state index is 0.000116. The zero-order valence-corrected chi connectivity index (χ0v) is 11.7. The van der Waals surface area contributed by atoms with E-state index in [9.17, 15) is 17.6 Å². The first-order valence-electron chi connectivity index (χ1n) is 5.92. The lowest BCUT2D eigenvalue weighted by Crippen LogP contribution is -2.20. The Morgan fingerprint density at radius 2 is 1.95 bits per heavy atom. The zero-order valence-electron chi connectivity index (χ0n) is 10.9. The summed E-state index contributed by atoms with van der Waals surface area (Å²) in [6.45, 7) is 1.89. The number of hydrogen-bond acceptors (Lipinski definition) is 2. The molecule has 20 heavy (non-hydrogen) atoms. The molecule has 2 aromatic rings. The summed E-state index contributed by atoms with van der Waals surface area (Å²) in [6.07, 6.45) is -4.69. The molecule has 1 heterocycles. The van der Waals surface area contributed by atoms with Crippen LogP contribution in [0.15, 0.2) is 29.6 Å². The van der Waals surface area contributed by atoms with Gasteiger partial charge < -0.3 is 5.32 Å². The molecule has 0 saturated carbocycles. The Hall–Kier alpha value is -1.40. The molecule has 0 bridgehead atoms. The van der Waals surface area contributed by atoms with Gasteiger partial charge in [-0.25, -0.2) is 4.39 Å². The second-order valence-corrected chi connectivity index (χ2v) is 5.53. The fourth-order valence-electron chi connectivity index (χ4n) is 2.11. The monoisotopic (exact) mass is 303 g/mol. The van der Waals surface area contributed by atoms with Crippen molar-refractivity contribution in [2.45, 2.75) is 19.1 Å². The second kappa shape index (κ2) is 5.54. The fourth-order valence-corrected chi connectivity index (χ4v) is 2.84. The maximum absolute atomic E-state index is 14.1. The van der Waals surface area contributed by atoms with E-state index < -0.39 is 23.6 Å². The Morgan fingerprint density at radius 1 is 1.25 bits per heavy atom. The van der Waals surface area contributed by atoms with E-state index in [-0.39, 0.29) is 5.56 Å². The normalized spacial score (nSPS) is 13.5. The Morgan fingerprint density at radius 3 is 2.45 bits per heavy atom. The Labute approximate surface area is 118 Å². The van der Waals surface area contributed by atoms with Crippen LogP contribution in [0.3, 0.4) is 0 Å². The summed E-state index contributed by atoms with van der Waals surface area (Å²) in [7, 11) is 1.59. The Bertz CT molecular complexity index is 603. The van der Waals surface area contributed by atoms with Crippen molar-refractivity contribution in [1.29, 1.82) is 0 Å². The van der Waals surface area contributed by atoms with Crippen molar-refractivity contribution in [3.63, 3.8) is 0 Å². The average Bonchev–Trinajstić information content (AvgIpc) is 2.77. The number of aryl methyl sites for hydroxylation is 1. The molecule has 6 heteroatoms. The molecule has 0 fully saturated rings. The van der Waals surface area contributed by atoms with Gasteiger partial charge in [0.1, 0.15) is 5.82 Å². The van der Waals surface area contributed by atoms with E-state index in [1.807, 2.05) is 18.4 Å². The lowest BCUT2D eigenvalue weighted by molar-refractivity contribution is -0.140. The summed E-state index contributed by atoms with van der Waals surface area (Å²) in [4.78, 5) is 1.02. The molecule has 1 N–H and O–H groups in total. The van der Waals surface area contributed by atoms with Gasteiger partial charge in [-0.1, -0.05) is 12.1 Å². The lowest BCUT2D eigenvalue weighted by atomic mass is 9.98. The number of alkyl halides is 3. The van der Waals surface area contributed by atoms with Crippen LogP contribution in [0.4, 0.5) is 17.6 Å². The quantitative estimate of drug-likeness (QED) is 0.822. The summed E-state index contributed by atoms with van der Waals surface area (Å²) in [5.74, 6) is -1.22. The van der Waals surface area contributed by atoms with E-state index >= 15 is 0 Å². The number of hydrogen-bond donors (Lipinski definition) is 1. The summed E-state index contributed by atoms with van der Waals surface area (Å²) in [6, 6.07) is 4.60. The highest BCUT2D eigenvalue weighted by Gasteiger charge is 2.35. The Kier molecular flexibility index (Phi) is 4.15. The van der Waals surface area contributed by atoms with Gasteiger partial charge in [-0.3, -0.25) is 0 Å². The van der Waals surface area contributed by atoms with Crippen molar-refractivity contribution < 1.29 is 17.6 Å². The topological polar surface area (TPSA) is 12.0 Å². The highest BCUT2D eigenvalue weighted by molar-refractivity contribution is 7.10. The van der Waals surface area contributed by atoms with E-state index in [4.69, 9.17) is 0 Å². The number of benzene rings is 1. The van der Waals surface area contributed by atoms with Gasteiger partial charge in [0.15, 0.2) is 0 Å². The molecule has 1 aromatic carbocycles. The van der Waals surface area contributed by atoms with Crippen LogP contribution in [-0.4, -0.2) is 7.05 Å². The fraction of sp³-hybridized carbons (Fsp3) is 0.286. The lowest BCUT2D eigenvalue weighted by Gasteiger charge is -2.18. The van der Waals surface area contributed by atoms with E-state index in [1.54, 1.807) is 7.05 Å². The third-order valence-electron chi connectivity index (χ3n) is 3.02. The van der Waals surface area contributed by atoms with E-state index in [0.717, 1.165) is 16.5 Å². The van der Waals surface area contributed by atoms with Crippen molar-refractivity contribution in [3.05, 3.63) is 57.0 Å². The summed E-state index contributed by atoms with van der Waals surface area (Å²) in [5, 5.41) is 4.68. The minimum Gasteiger partial charge on any atom is -0.309 e. The highest BCUT2D eigenvalue weighted by Crippen LogP contribution is 2.35. The van der Waals surface area contributed by atoms with Crippen LogP contribution in [-0.2, 0) is 6.18 Å². The maximum atomic E-state index is 14.1. The van der Waals surface area contributed by atoms with Crippen molar-refractivity contribution in [1.82, 2.24) is 5.32 Å². The molecule has 0 amide bonds. The van der Waals surface area contributed by atoms with Gasteiger partial charge >= 0.3 is 6.18 Å². The molecule has 1 nitrogen and oxygen atoms in total.